The Bertz CT molecular complexity index is 775. The normalized spacial score (nSPS) is 20.7. The van der Waals surface area contributed by atoms with Gasteiger partial charge in [0.25, 0.3) is 0 Å². The van der Waals surface area contributed by atoms with E-state index in [2.05, 4.69) is 9.98 Å². The number of hydrogen-bond acceptors (Lipinski definition) is 6. The Labute approximate surface area is 152 Å². The van der Waals surface area contributed by atoms with Crippen LogP contribution in [-0.4, -0.2) is 19.0 Å². The van der Waals surface area contributed by atoms with E-state index in [1.54, 1.807) is 12.4 Å². The molecule has 7 heteroatoms. The average Bonchev–Trinajstić information content (AvgIpc) is 2.64. The molecule has 0 fully saturated rings. The molecule has 25 heavy (non-hydrogen) atoms. The molecule has 0 atom stereocenters. The maximum absolute atomic E-state index is 5.89. The summed E-state index contributed by atoms with van der Waals surface area (Å²) in [6.45, 7) is 0.00264. The Balaban J connectivity index is 1.99. The molecule has 1 aliphatic heterocycles. The summed E-state index contributed by atoms with van der Waals surface area (Å²) in [6.07, 6.45) is 3.35. The lowest BCUT2D eigenvalue weighted by atomic mass is 10.2. The van der Waals surface area contributed by atoms with Crippen molar-refractivity contribution in [1.82, 2.24) is 0 Å². The van der Waals surface area contributed by atoms with E-state index in [1.807, 2.05) is 55.5 Å². The SMILES string of the molecule is CCOP1(=S)OCc2ccccc2N=CC=Nc2ccccc2CO1. The van der Waals surface area contributed by atoms with Gasteiger partial charge in [0.05, 0.1) is 31.2 Å². The van der Waals surface area contributed by atoms with Crippen LogP contribution in [0.4, 0.5) is 11.4 Å². The van der Waals surface area contributed by atoms with Crippen LogP contribution >= 0.6 is 6.72 Å². The van der Waals surface area contributed by atoms with Crippen molar-refractivity contribution >= 4 is 42.3 Å². The molecule has 130 valence electrons. The predicted octanol–water partition coefficient (Wildman–Crippen LogP) is 5.10. The van der Waals surface area contributed by atoms with Crippen molar-refractivity contribution in [3.05, 3.63) is 59.7 Å². The molecule has 2 aromatic carbocycles. The summed E-state index contributed by atoms with van der Waals surface area (Å²) >= 11 is 5.54. The van der Waals surface area contributed by atoms with Crippen molar-refractivity contribution in [3.63, 3.8) is 0 Å². The highest BCUT2D eigenvalue weighted by Gasteiger charge is 2.21. The third-order valence-corrected chi connectivity index (χ3v) is 5.93. The maximum atomic E-state index is 5.89. The standard InChI is InChI=1S/C18H19N2O3PS/c1-2-21-24(25)22-13-15-7-3-5-9-17(15)19-11-12-20-18-10-6-4-8-16(18)14-23-24/h3-12H,2,13-14H2,1H3. The summed E-state index contributed by atoms with van der Waals surface area (Å²) < 4.78 is 17.4. The molecule has 0 aromatic heterocycles. The minimum atomic E-state index is -2.86. The fourth-order valence-corrected chi connectivity index (χ4v) is 4.08. The topological polar surface area (TPSA) is 52.4 Å². The van der Waals surface area contributed by atoms with Crippen LogP contribution in [-0.2, 0) is 38.6 Å². The van der Waals surface area contributed by atoms with Crippen LogP contribution in [0.2, 0.25) is 0 Å². The molecule has 2 aromatic rings. The van der Waals surface area contributed by atoms with Crippen LogP contribution in [0.25, 0.3) is 0 Å². The molecule has 0 bridgehead atoms. The smallest absolute Gasteiger partial charge is 0.309 e. The van der Waals surface area contributed by atoms with Gasteiger partial charge in [-0.25, -0.2) is 0 Å². The van der Waals surface area contributed by atoms with Gasteiger partial charge in [-0.2, -0.15) is 0 Å². The van der Waals surface area contributed by atoms with Crippen LogP contribution in [0.15, 0.2) is 58.5 Å². The molecule has 0 N–H and O–H groups in total. The van der Waals surface area contributed by atoms with Gasteiger partial charge < -0.3 is 13.6 Å². The third-order valence-electron chi connectivity index (χ3n) is 3.52. The lowest BCUT2D eigenvalue weighted by Crippen LogP contribution is -2.01. The first-order valence-electron chi connectivity index (χ1n) is 7.96. The maximum Gasteiger partial charge on any atom is 0.327 e. The van der Waals surface area contributed by atoms with Gasteiger partial charge in [0.15, 0.2) is 0 Å². The van der Waals surface area contributed by atoms with Crippen molar-refractivity contribution in [2.24, 2.45) is 9.98 Å². The lowest BCUT2D eigenvalue weighted by molar-refractivity contribution is 0.151. The summed E-state index contributed by atoms with van der Waals surface area (Å²) in [5.41, 5.74) is 3.45. The van der Waals surface area contributed by atoms with Crippen molar-refractivity contribution < 1.29 is 13.6 Å². The minimum Gasteiger partial charge on any atom is -0.309 e. The quantitative estimate of drug-likeness (QED) is 0.687. The molecule has 0 saturated heterocycles. The van der Waals surface area contributed by atoms with Gasteiger partial charge in [0, 0.05) is 23.6 Å². The fraction of sp³-hybridized carbons (Fsp3) is 0.222. The first-order chi connectivity index (χ1) is 12.2. The van der Waals surface area contributed by atoms with Gasteiger partial charge in [0.2, 0.25) is 0 Å². The van der Waals surface area contributed by atoms with E-state index in [-0.39, 0.29) is 13.2 Å². The van der Waals surface area contributed by atoms with E-state index in [1.165, 1.54) is 0 Å². The number of aliphatic imine (C=N–C) groups is 2. The number of fused-ring (bicyclic) bond motifs is 2. The molecule has 0 unspecified atom stereocenters. The number of hydrogen-bond donors (Lipinski definition) is 0. The van der Waals surface area contributed by atoms with Gasteiger partial charge in [-0.3, -0.25) is 9.98 Å². The Hall–Kier alpha value is -1.69. The monoisotopic (exact) mass is 374 g/mol. The highest BCUT2D eigenvalue weighted by Crippen LogP contribution is 2.51. The molecule has 0 aliphatic carbocycles. The van der Waals surface area contributed by atoms with Gasteiger partial charge in [-0.15, -0.1) is 0 Å². The van der Waals surface area contributed by atoms with E-state index in [0.717, 1.165) is 22.5 Å². The largest absolute Gasteiger partial charge is 0.327 e. The first-order valence-corrected chi connectivity index (χ1v) is 10.5. The average molecular weight is 374 g/mol. The van der Waals surface area contributed by atoms with Crippen molar-refractivity contribution in [3.8, 4) is 0 Å². The van der Waals surface area contributed by atoms with Crippen molar-refractivity contribution in [2.45, 2.75) is 20.1 Å². The molecule has 1 aliphatic rings. The molecule has 0 spiro atoms. The molecule has 5 nitrogen and oxygen atoms in total. The molecule has 0 amide bonds. The zero-order valence-electron chi connectivity index (χ0n) is 13.9. The van der Waals surface area contributed by atoms with Gasteiger partial charge in [-0.1, -0.05) is 36.4 Å². The van der Waals surface area contributed by atoms with E-state index in [0.29, 0.717) is 6.61 Å². The minimum absolute atomic E-state index is 0.281. The van der Waals surface area contributed by atoms with E-state index in [4.69, 9.17) is 25.4 Å². The van der Waals surface area contributed by atoms with Crippen LogP contribution in [0.1, 0.15) is 18.1 Å². The summed E-state index contributed by atoms with van der Waals surface area (Å²) in [6, 6.07) is 15.5. The highest BCUT2D eigenvalue weighted by molar-refractivity contribution is 8.07. The zero-order chi connectivity index (χ0) is 17.5. The molecular weight excluding hydrogens is 355 g/mol. The molecular formula is C18H19N2O3PS. The lowest BCUT2D eigenvalue weighted by Gasteiger charge is -2.22. The van der Waals surface area contributed by atoms with Gasteiger partial charge >= 0.3 is 6.72 Å². The highest BCUT2D eigenvalue weighted by atomic mass is 32.5. The number of benzene rings is 2. The van der Waals surface area contributed by atoms with Crippen molar-refractivity contribution in [1.29, 1.82) is 0 Å². The fourth-order valence-electron chi connectivity index (χ4n) is 2.31. The summed E-state index contributed by atoms with van der Waals surface area (Å²) in [7, 11) is 0. The van der Waals surface area contributed by atoms with Crippen LogP contribution in [0.5, 0.6) is 0 Å². The Morgan fingerprint density at radius 3 is 1.88 bits per heavy atom. The predicted molar refractivity (Wildman–Crippen MR) is 105 cm³/mol. The second-order valence-electron chi connectivity index (χ2n) is 5.23. The number of para-hydroxylation sites is 2. The third kappa shape index (κ3) is 4.91. The second-order valence-corrected chi connectivity index (χ2v) is 8.24. The molecule has 1 heterocycles. The van der Waals surface area contributed by atoms with E-state index in [9.17, 15) is 0 Å². The van der Waals surface area contributed by atoms with Gasteiger partial charge in [0.1, 0.15) is 0 Å². The summed E-state index contributed by atoms with van der Waals surface area (Å²) in [5.74, 6) is 0. The zero-order valence-corrected chi connectivity index (χ0v) is 15.6. The van der Waals surface area contributed by atoms with Crippen LogP contribution in [0, 0.1) is 0 Å². The molecule has 3 rings (SSSR count). The van der Waals surface area contributed by atoms with Gasteiger partial charge in [-0.05, 0) is 30.9 Å². The first kappa shape index (κ1) is 18.1. The van der Waals surface area contributed by atoms with Crippen LogP contribution < -0.4 is 0 Å². The Morgan fingerprint density at radius 1 is 0.920 bits per heavy atom. The number of rotatable bonds is 2. The van der Waals surface area contributed by atoms with Crippen LogP contribution in [0.3, 0.4) is 0 Å². The Morgan fingerprint density at radius 2 is 1.40 bits per heavy atom. The summed E-state index contributed by atoms with van der Waals surface area (Å²) in [5, 5.41) is 0. The molecule has 0 saturated carbocycles. The molecule has 0 radical (unpaired) electrons. The number of nitrogens with zero attached hydrogens (tertiary/aromatic N) is 2. The second kappa shape index (κ2) is 8.61. The van der Waals surface area contributed by atoms with Crippen molar-refractivity contribution in [2.75, 3.05) is 6.61 Å². The summed E-state index contributed by atoms with van der Waals surface area (Å²) in [4.78, 5) is 8.92. The Kier molecular flexibility index (Phi) is 6.24. The van der Waals surface area contributed by atoms with E-state index < -0.39 is 6.72 Å². The van der Waals surface area contributed by atoms with E-state index >= 15 is 0 Å².